The van der Waals surface area contributed by atoms with Gasteiger partial charge in [0.1, 0.15) is 0 Å². The molecule has 0 bridgehead atoms. The fraction of sp³-hybridized carbons (Fsp3) is 0.143. The van der Waals surface area contributed by atoms with Crippen molar-refractivity contribution in [3.05, 3.63) is 116 Å². The van der Waals surface area contributed by atoms with Crippen LogP contribution in [0.2, 0.25) is 0 Å². The van der Waals surface area contributed by atoms with Crippen molar-refractivity contribution in [2.45, 2.75) is 18.8 Å². The largest absolute Gasteiger partial charge is 0.0619 e. The second-order valence-corrected chi connectivity index (χ2v) is 10.3. The van der Waals surface area contributed by atoms with Crippen LogP contribution in [0.3, 0.4) is 0 Å². The summed E-state index contributed by atoms with van der Waals surface area (Å²) < 4.78 is 2.30. The van der Waals surface area contributed by atoms with Gasteiger partial charge in [0.05, 0.1) is 0 Å². The van der Waals surface area contributed by atoms with Crippen LogP contribution >= 0.6 is 31.9 Å². The quantitative estimate of drug-likeness (QED) is 0.250. The van der Waals surface area contributed by atoms with Crippen LogP contribution in [0, 0.1) is 5.92 Å². The van der Waals surface area contributed by atoms with Crippen molar-refractivity contribution >= 4 is 31.9 Å². The number of benzene rings is 4. The van der Waals surface area contributed by atoms with Gasteiger partial charge in [-0.25, -0.2) is 0 Å². The van der Waals surface area contributed by atoms with E-state index in [1.165, 1.54) is 44.5 Å². The normalized spacial score (nSPS) is 15.4. The standard InChI is InChI=1S/C28H20Br2/c1-16(27-23-8-4-2-6-19(23)20-7-3-5-9-24(20)27)28-25-14-17(29)10-12-21(25)22-13-11-18(30)15-26(22)28/h2-16,27-28H,1H3. The molecule has 2 aliphatic carbocycles. The summed E-state index contributed by atoms with van der Waals surface area (Å²) in [6.45, 7) is 2.44. The van der Waals surface area contributed by atoms with E-state index in [-0.39, 0.29) is 0 Å². The van der Waals surface area contributed by atoms with Gasteiger partial charge in [0, 0.05) is 20.8 Å². The molecule has 0 spiro atoms. The van der Waals surface area contributed by atoms with E-state index in [1.807, 2.05) is 0 Å². The molecule has 0 N–H and O–H groups in total. The molecule has 0 radical (unpaired) electrons. The van der Waals surface area contributed by atoms with Crippen LogP contribution in [0.15, 0.2) is 93.9 Å². The summed E-state index contributed by atoms with van der Waals surface area (Å²) in [4.78, 5) is 0. The minimum absolute atomic E-state index is 0.356. The first-order valence-corrected chi connectivity index (χ1v) is 12.0. The summed E-state index contributed by atoms with van der Waals surface area (Å²) in [6, 6.07) is 31.5. The van der Waals surface area contributed by atoms with E-state index in [2.05, 4.69) is 124 Å². The average molecular weight is 516 g/mol. The fourth-order valence-electron chi connectivity index (χ4n) is 5.76. The average Bonchev–Trinajstić information content (AvgIpc) is 3.25. The van der Waals surface area contributed by atoms with Crippen molar-refractivity contribution < 1.29 is 0 Å². The van der Waals surface area contributed by atoms with Gasteiger partial charge in [-0.3, -0.25) is 0 Å². The molecule has 0 saturated carbocycles. The summed E-state index contributed by atoms with van der Waals surface area (Å²) in [7, 11) is 0. The Kier molecular flexibility index (Phi) is 4.30. The first kappa shape index (κ1) is 18.6. The van der Waals surface area contributed by atoms with Gasteiger partial charge in [-0.1, -0.05) is 99.4 Å². The van der Waals surface area contributed by atoms with Crippen LogP contribution in [-0.4, -0.2) is 0 Å². The van der Waals surface area contributed by atoms with Crippen molar-refractivity contribution in [3.8, 4) is 22.3 Å². The van der Waals surface area contributed by atoms with E-state index < -0.39 is 0 Å². The Morgan fingerprint density at radius 3 is 1.43 bits per heavy atom. The van der Waals surface area contributed by atoms with E-state index in [9.17, 15) is 0 Å². The third-order valence-electron chi connectivity index (χ3n) is 6.92. The van der Waals surface area contributed by atoms with Gasteiger partial charge < -0.3 is 0 Å². The van der Waals surface area contributed by atoms with Gasteiger partial charge in [-0.15, -0.1) is 0 Å². The van der Waals surface area contributed by atoms with E-state index in [1.54, 1.807) is 0 Å². The zero-order valence-electron chi connectivity index (χ0n) is 16.6. The Morgan fingerprint density at radius 1 is 0.533 bits per heavy atom. The van der Waals surface area contributed by atoms with Crippen molar-refractivity contribution in [3.63, 3.8) is 0 Å². The minimum Gasteiger partial charge on any atom is -0.0619 e. The van der Waals surface area contributed by atoms with E-state index in [4.69, 9.17) is 0 Å². The smallest absolute Gasteiger partial charge is 0.0178 e. The summed E-state index contributed by atoms with van der Waals surface area (Å²) in [6.07, 6.45) is 0. The molecule has 0 aliphatic heterocycles. The highest BCUT2D eigenvalue weighted by Gasteiger charge is 2.40. The highest BCUT2D eigenvalue weighted by atomic mass is 79.9. The number of rotatable bonds is 2. The third kappa shape index (κ3) is 2.63. The lowest BCUT2D eigenvalue weighted by molar-refractivity contribution is 0.467. The van der Waals surface area contributed by atoms with Gasteiger partial charge in [0.25, 0.3) is 0 Å². The van der Waals surface area contributed by atoms with Crippen LogP contribution in [-0.2, 0) is 0 Å². The van der Waals surface area contributed by atoms with E-state index >= 15 is 0 Å². The fourth-order valence-corrected chi connectivity index (χ4v) is 6.52. The third-order valence-corrected chi connectivity index (χ3v) is 7.91. The van der Waals surface area contributed by atoms with Crippen LogP contribution < -0.4 is 0 Å². The maximum absolute atomic E-state index is 3.73. The molecule has 0 nitrogen and oxygen atoms in total. The zero-order valence-corrected chi connectivity index (χ0v) is 19.7. The monoisotopic (exact) mass is 514 g/mol. The molecule has 30 heavy (non-hydrogen) atoms. The molecule has 0 aromatic heterocycles. The van der Waals surface area contributed by atoms with Crippen LogP contribution in [0.1, 0.15) is 41.0 Å². The lowest BCUT2D eigenvalue weighted by Gasteiger charge is -2.29. The molecule has 0 fully saturated rings. The molecule has 0 heterocycles. The first-order valence-electron chi connectivity index (χ1n) is 10.4. The zero-order chi connectivity index (χ0) is 20.4. The Bertz CT molecular complexity index is 1210. The van der Waals surface area contributed by atoms with Crippen LogP contribution in [0.4, 0.5) is 0 Å². The predicted molar refractivity (Wildman–Crippen MR) is 132 cm³/mol. The Labute approximate surface area is 194 Å². The first-order chi connectivity index (χ1) is 14.6. The maximum atomic E-state index is 3.73. The number of hydrogen-bond acceptors (Lipinski definition) is 0. The van der Waals surface area contributed by atoms with Crippen molar-refractivity contribution in [2.24, 2.45) is 5.92 Å². The van der Waals surface area contributed by atoms with Gasteiger partial charge in [-0.2, -0.15) is 0 Å². The molecule has 0 amide bonds. The van der Waals surface area contributed by atoms with Crippen molar-refractivity contribution in [1.29, 1.82) is 0 Å². The number of fused-ring (bicyclic) bond motifs is 6. The highest BCUT2D eigenvalue weighted by Crippen LogP contribution is 2.57. The molecule has 6 rings (SSSR count). The van der Waals surface area contributed by atoms with Crippen LogP contribution in [0.5, 0.6) is 0 Å². The van der Waals surface area contributed by atoms with Gasteiger partial charge in [0.15, 0.2) is 0 Å². The second kappa shape index (κ2) is 6.93. The van der Waals surface area contributed by atoms with Crippen LogP contribution in [0.25, 0.3) is 22.3 Å². The summed E-state index contributed by atoms with van der Waals surface area (Å²) in [5.41, 5.74) is 11.3. The van der Waals surface area contributed by atoms with E-state index in [0.29, 0.717) is 17.8 Å². The minimum atomic E-state index is 0.356. The summed E-state index contributed by atoms with van der Waals surface area (Å²) in [5.74, 6) is 1.17. The van der Waals surface area contributed by atoms with Crippen molar-refractivity contribution in [2.75, 3.05) is 0 Å². The lowest BCUT2D eigenvalue weighted by Crippen LogP contribution is -2.17. The number of hydrogen-bond donors (Lipinski definition) is 0. The predicted octanol–water partition coefficient (Wildman–Crippen LogP) is 8.77. The summed E-state index contributed by atoms with van der Waals surface area (Å²) in [5, 5.41) is 0. The van der Waals surface area contributed by atoms with Crippen molar-refractivity contribution in [1.82, 2.24) is 0 Å². The Hall–Kier alpha value is -2.16. The Balaban J connectivity index is 1.57. The van der Waals surface area contributed by atoms with Gasteiger partial charge in [0.2, 0.25) is 0 Å². The SMILES string of the molecule is CC(C1c2ccccc2-c2ccccc21)C1c2cc(Br)ccc2-c2ccc(Br)cc21. The van der Waals surface area contributed by atoms with E-state index in [0.717, 1.165) is 8.95 Å². The maximum Gasteiger partial charge on any atom is 0.0178 e. The molecular formula is C28H20Br2. The molecule has 0 saturated heterocycles. The molecular weight excluding hydrogens is 496 g/mol. The Morgan fingerprint density at radius 2 is 0.933 bits per heavy atom. The molecule has 2 heteroatoms. The molecule has 4 aromatic carbocycles. The second-order valence-electron chi connectivity index (χ2n) is 8.45. The molecule has 2 aliphatic rings. The molecule has 1 unspecified atom stereocenters. The summed E-state index contributed by atoms with van der Waals surface area (Å²) >= 11 is 7.45. The molecule has 4 aromatic rings. The van der Waals surface area contributed by atoms with Gasteiger partial charge >= 0.3 is 0 Å². The number of halogens is 2. The van der Waals surface area contributed by atoms with Gasteiger partial charge in [-0.05, 0) is 74.7 Å². The highest BCUT2D eigenvalue weighted by molar-refractivity contribution is 9.10. The topological polar surface area (TPSA) is 0 Å². The lowest BCUT2D eigenvalue weighted by atomic mass is 9.74. The molecule has 146 valence electrons. The molecule has 1 atom stereocenters.